The van der Waals surface area contributed by atoms with Gasteiger partial charge in [-0.25, -0.2) is 9.37 Å². The quantitative estimate of drug-likeness (QED) is 0.669. The Morgan fingerprint density at radius 1 is 1.15 bits per heavy atom. The van der Waals surface area contributed by atoms with Crippen LogP contribution in [0.4, 0.5) is 9.39 Å². The van der Waals surface area contributed by atoms with Crippen LogP contribution in [-0.2, 0) is 6.42 Å². The molecule has 2 amide bonds. The van der Waals surface area contributed by atoms with Gasteiger partial charge < -0.3 is 11.1 Å². The molecule has 0 aliphatic carbocycles. The van der Waals surface area contributed by atoms with E-state index in [9.17, 15) is 14.0 Å². The fourth-order valence-electron chi connectivity index (χ4n) is 2.69. The first-order chi connectivity index (χ1) is 12.8. The number of primary amides is 1. The van der Waals surface area contributed by atoms with E-state index in [1.165, 1.54) is 34.8 Å². The molecule has 0 spiro atoms. The molecule has 0 unspecified atom stereocenters. The molecule has 3 rings (SSSR count). The maximum atomic E-state index is 13.0. The van der Waals surface area contributed by atoms with Gasteiger partial charge in [-0.1, -0.05) is 12.1 Å². The zero-order valence-corrected chi connectivity index (χ0v) is 16.7. The standard InChI is InChI=1S/C19H18FN3O2S2/c1-9-11(3)26-19(15(9)17(21)24)23-18(25)16-10(2)22-14(27-16)8-12-4-6-13(20)7-5-12/h4-7H,8H2,1-3H3,(H2,21,24)(H,23,25). The van der Waals surface area contributed by atoms with Gasteiger partial charge in [0.25, 0.3) is 11.8 Å². The number of aromatic nitrogens is 1. The molecule has 0 aliphatic heterocycles. The number of amides is 2. The number of hydrogen-bond donors (Lipinski definition) is 2. The number of nitrogens with two attached hydrogens (primary N) is 1. The highest BCUT2D eigenvalue weighted by molar-refractivity contribution is 7.17. The molecular weight excluding hydrogens is 385 g/mol. The summed E-state index contributed by atoms with van der Waals surface area (Å²) in [5.41, 5.74) is 8.10. The van der Waals surface area contributed by atoms with Gasteiger partial charge >= 0.3 is 0 Å². The largest absolute Gasteiger partial charge is 0.365 e. The Morgan fingerprint density at radius 3 is 2.44 bits per heavy atom. The molecule has 3 N–H and O–H groups in total. The van der Waals surface area contributed by atoms with Crippen molar-refractivity contribution in [3.05, 3.63) is 67.2 Å². The third kappa shape index (κ3) is 4.06. The number of thiazole rings is 1. The van der Waals surface area contributed by atoms with E-state index in [1.54, 1.807) is 26.0 Å². The number of nitrogens with one attached hydrogen (secondary N) is 1. The van der Waals surface area contributed by atoms with Crippen molar-refractivity contribution in [3.63, 3.8) is 0 Å². The molecule has 1 aromatic carbocycles. The molecule has 8 heteroatoms. The highest BCUT2D eigenvalue weighted by Crippen LogP contribution is 2.33. The average Bonchev–Trinajstić information content (AvgIpc) is 3.09. The third-order valence-corrected chi connectivity index (χ3v) is 6.45. The minimum absolute atomic E-state index is 0.291. The number of nitrogens with zero attached hydrogens (tertiary/aromatic N) is 1. The van der Waals surface area contributed by atoms with Crippen molar-refractivity contribution in [1.29, 1.82) is 0 Å². The van der Waals surface area contributed by atoms with Crippen molar-refractivity contribution >= 4 is 39.5 Å². The Hall–Kier alpha value is -2.58. The molecule has 0 bridgehead atoms. The number of rotatable bonds is 5. The van der Waals surface area contributed by atoms with Crippen LogP contribution in [0.15, 0.2) is 24.3 Å². The number of hydrogen-bond acceptors (Lipinski definition) is 5. The number of halogens is 1. The molecule has 0 aliphatic rings. The normalized spacial score (nSPS) is 10.8. The molecule has 2 heterocycles. The minimum atomic E-state index is -0.565. The molecule has 27 heavy (non-hydrogen) atoms. The molecule has 140 valence electrons. The summed E-state index contributed by atoms with van der Waals surface area (Å²) in [6.45, 7) is 5.45. The number of benzene rings is 1. The number of carbonyl (C=O) groups excluding carboxylic acids is 2. The predicted octanol–water partition coefficient (Wildman–Crippen LogP) is 4.21. The molecule has 2 aromatic heterocycles. The fourth-order valence-corrected chi connectivity index (χ4v) is 4.74. The predicted molar refractivity (Wildman–Crippen MR) is 106 cm³/mol. The lowest BCUT2D eigenvalue weighted by Crippen LogP contribution is -2.17. The Kier molecular flexibility index (Phi) is 5.38. The number of aryl methyl sites for hydroxylation is 2. The zero-order valence-electron chi connectivity index (χ0n) is 15.1. The Labute approximate surface area is 164 Å². The first kappa shape index (κ1) is 19.2. The van der Waals surface area contributed by atoms with Crippen molar-refractivity contribution in [2.75, 3.05) is 5.32 Å². The van der Waals surface area contributed by atoms with Crippen molar-refractivity contribution < 1.29 is 14.0 Å². The molecule has 0 fully saturated rings. The van der Waals surface area contributed by atoms with Crippen molar-refractivity contribution in [1.82, 2.24) is 4.98 Å². The van der Waals surface area contributed by atoms with Crippen LogP contribution in [0.1, 0.15) is 46.7 Å². The second-order valence-electron chi connectivity index (χ2n) is 6.13. The molecule has 3 aromatic rings. The van der Waals surface area contributed by atoms with Gasteiger partial charge in [0.1, 0.15) is 15.7 Å². The number of carbonyl (C=O) groups is 2. The summed E-state index contributed by atoms with van der Waals surface area (Å²) in [7, 11) is 0. The minimum Gasteiger partial charge on any atom is -0.365 e. The monoisotopic (exact) mass is 403 g/mol. The topological polar surface area (TPSA) is 85.1 Å². The van der Waals surface area contributed by atoms with Crippen LogP contribution in [0, 0.1) is 26.6 Å². The lowest BCUT2D eigenvalue weighted by Gasteiger charge is -2.04. The first-order valence-electron chi connectivity index (χ1n) is 8.18. The SMILES string of the molecule is Cc1nc(Cc2ccc(F)cc2)sc1C(=O)Nc1sc(C)c(C)c1C(N)=O. The van der Waals surface area contributed by atoms with Gasteiger partial charge in [-0.05, 0) is 44.0 Å². The summed E-state index contributed by atoms with van der Waals surface area (Å²) in [5, 5.41) is 4.01. The summed E-state index contributed by atoms with van der Waals surface area (Å²) >= 11 is 2.61. The van der Waals surface area contributed by atoms with Crippen molar-refractivity contribution in [2.45, 2.75) is 27.2 Å². The Balaban J connectivity index is 1.82. The third-order valence-electron chi connectivity index (χ3n) is 4.17. The Morgan fingerprint density at radius 2 is 1.81 bits per heavy atom. The first-order valence-corrected chi connectivity index (χ1v) is 9.81. The van der Waals surface area contributed by atoms with Gasteiger partial charge in [0.05, 0.1) is 16.3 Å². The van der Waals surface area contributed by atoms with E-state index < -0.39 is 5.91 Å². The van der Waals surface area contributed by atoms with Crippen LogP contribution in [0.2, 0.25) is 0 Å². The van der Waals surface area contributed by atoms with E-state index in [1.807, 2.05) is 6.92 Å². The lowest BCUT2D eigenvalue weighted by molar-refractivity contribution is 0.100. The summed E-state index contributed by atoms with van der Waals surface area (Å²) in [4.78, 5) is 30.3. The molecular formula is C19H18FN3O2S2. The van der Waals surface area contributed by atoms with E-state index in [0.29, 0.717) is 27.6 Å². The zero-order chi connectivity index (χ0) is 19.7. The van der Waals surface area contributed by atoms with Gasteiger partial charge in [0.2, 0.25) is 0 Å². The molecule has 0 saturated carbocycles. The van der Waals surface area contributed by atoms with Gasteiger partial charge in [0.15, 0.2) is 0 Å². The molecule has 0 atom stereocenters. The van der Waals surface area contributed by atoms with Crippen LogP contribution in [0.3, 0.4) is 0 Å². The van der Waals surface area contributed by atoms with E-state index in [4.69, 9.17) is 5.73 Å². The van der Waals surface area contributed by atoms with Gasteiger partial charge in [-0.3, -0.25) is 9.59 Å². The highest BCUT2D eigenvalue weighted by atomic mass is 32.1. The second kappa shape index (κ2) is 7.58. The summed E-state index contributed by atoms with van der Waals surface area (Å²) < 4.78 is 13.0. The maximum Gasteiger partial charge on any atom is 0.268 e. The molecule has 5 nitrogen and oxygen atoms in total. The maximum absolute atomic E-state index is 13.0. The van der Waals surface area contributed by atoms with Crippen molar-refractivity contribution in [3.8, 4) is 0 Å². The summed E-state index contributed by atoms with van der Waals surface area (Å²) in [6, 6.07) is 6.19. The van der Waals surface area contributed by atoms with Crippen LogP contribution >= 0.6 is 22.7 Å². The van der Waals surface area contributed by atoms with Crippen LogP contribution in [-0.4, -0.2) is 16.8 Å². The Bertz CT molecular complexity index is 1020. The number of anilines is 1. The highest BCUT2D eigenvalue weighted by Gasteiger charge is 2.22. The molecule has 0 radical (unpaired) electrons. The van der Waals surface area contributed by atoms with Crippen LogP contribution in [0.25, 0.3) is 0 Å². The smallest absolute Gasteiger partial charge is 0.268 e. The van der Waals surface area contributed by atoms with E-state index in [-0.39, 0.29) is 11.7 Å². The lowest BCUT2D eigenvalue weighted by atomic mass is 10.1. The fraction of sp³-hybridized carbons (Fsp3) is 0.211. The summed E-state index contributed by atoms with van der Waals surface area (Å²) in [6.07, 6.45) is 0.517. The van der Waals surface area contributed by atoms with Crippen LogP contribution in [0.5, 0.6) is 0 Å². The summed E-state index contributed by atoms with van der Waals surface area (Å²) in [5.74, 6) is -1.18. The van der Waals surface area contributed by atoms with E-state index in [2.05, 4.69) is 10.3 Å². The van der Waals surface area contributed by atoms with Gasteiger partial charge in [-0.2, -0.15) is 0 Å². The van der Waals surface area contributed by atoms with Crippen molar-refractivity contribution in [2.24, 2.45) is 5.73 Å². The molecule has 0 saturated heterocycles. The average molecular weight is 404 g/mol. The van der Waals surface area contributed by atoms with Crippen LogP contribution < -0.4 is 11.1 Å². The number of thiophene rings is 1. The van der Waals surface area contributed by atoms with E-state index in [0.717, 1.165) is 21.0 Å². The second-order valence-corrected chi connectivity index (χ2v) is 8.44. The van der Waals surface area contributed by atoms with E-state index >= 15 is 0 Å². The van der Waals surface area contributed by atoms with Gasteiger partial charge in [-0.15, -0.1) is 22.7 Å². The van der Waals surface area contributed by atoms with Gasteiger partial charge in [0, 0.05) is 11.3 Å².